The molecule has 27 heavy (non-hydrogen) atoms. The summed E-state index contributed by atoms with van der Waals surface area (Å²) in [7, 11) is 6.41. The third-order valence-electron chi connectivity index (χ3n) is 4.53. The summed E-state index contributed by atoms with van der Waals surface area (Å²) in [6.07, 6.45) is 1.57. The minimum atomic E-state index is -0.201. The summed E-state index contributed by atoms with van der Waals surface area (Å²) in [6, 6.07) is 13.0. The van der Waals surface area contributed by atoms with Crippen LogP contribution >= 0.6 is 0 Å². The Morgan fingerprint density at radius 3 is 2.22 bits per heavy atom. The van der Waals surface area contributed by atoms with Gasteiger partial charge >= 0.3 is 0 Å². The molecule has 0 saturated carbocycles. The lowest BCUT2D eigenvalue weighted by Crippen LogP contribution is -2.28. The van der Waals surface area contributed by atoms with Crippen molar-refractivity contribution in [2.75, 3.05) is 21.3 Å². The average Bonchev–Trinajstić information content (AvgIpc) is 2.69. The summed E-state index contributed by atoms with van der Waals surface area (Å²) in [5, 5.41) is 0.953. The van der Waals surface area contributed by atoms with E-state index in [0.717, 1.165) is 5.56 Å². The molecule has 0 radical (unpaired) electrons. The van der Waals surface area contributed by atoms with Gasteiger partial charge in [-0.1, -0.05) is 30.3 Å². The Bertz CT molecular complexity index is 1040. The normalized spacial score (nSPS) is 10.7. The summed E-state index contributed by atoms with van der Waals surface area (Å²) in [5.41, 5.74) is 1.27. The van der Waals surface area contributed by atoms with Crippen LogP contribution in [0.5, 0.6) is 11.5 Å². The molecule has 1 aromatic heterocycles. The Hall–Kier alpha value is -3.28. The summed E-state index contributed by atoms with van der Waals surface area (Å²) in [6.45, 7) is 0.470. The Balaban J connectivity index is 2.11. The first-order valence-corrected chi connectivity index (χ1v) is 8.51. The Labute approximate surface area is 157 Å². The number of aryl methyl sites for hydroxylation is 1. The monoisotopic (exact) mass is 366 g/mol. The van der Waals surface area contributed by atoms with Crippen molar-refractivity contribution in [2.24, 2.45) is 7.05 Å². The molecule has 1 heterocycles. The van der Waals surface area contributed by atoms with E-state index in [1.165, 1.54) is 18.8 Å². The molecule has 6 heteroatoms. The minimum Gasteiger partial charge on any atom is -0.493 e. The summed E-state index contributed by atoms with van der Waals surface area (Å²) >= 11 is 0. The van der Waals surface area contributed by atoms with Gasteiger partial charge in [-0.05, 0) is 17.7 Å². The summed E-state index contributed by atoms with van der Waals surface area (Å²) < 4.78 is 12.1. The van der Waals surface area contributed by atoms with E-state index in [1.807, 2.05) is 30.3 Å². The second-order valence-corrected chi connectivity index (χ2v) is 6.36. The van der Waals surface area contributed by atoms with E-state index < -0.39 is 0 Å². The molecule has 0 bridgehead atoms. The molecule has 2 aromatic carbocycles. The lowest BCUT2D eigenvalue weighted by Gasteiger charge is -2.19. The number of methoxy groups -OCH3 is 2. The molecular weight excluding hydrogens is 344 g/mol. The second-order valence-electron chi connectivity index (χ2n) is 6.36. The lowest BCUT2D eigenvalue weighted by molar-refractivity contribution is 0.0786. The molecule has 3 rings (SSSR count). The predicted octanol–water partition coefficient (Wildman–Crippen LogP) is 2.83. The van der Waals surface area contributed by atoms with E-state index in [0.29, 0.717) is 34.4 Å². The molecule has 3 aromatic rings. The lowest BCUT2D eigenvalue weighted by atomic mass is 10.0. The van der Waals surface area contributed by atoms with Crippen LogP contribution in [-0.2, 0) is 13.6 Å². The van der Waals surface area contributed by atoms with E-state index in [-0.39, 0.29) is 11.5 Å². The fourth-order valence-corrected chi connectivity index (χ4v) is 3.10. The van der Waals surface area contributed by atoms with E-state index in [4.69, 9.17) is 9.47 Å². The van der Waals surface area contributed by atoms with Gasteiger partial charge in [0.15, 0.2) is 11.5 Å². The zero-order valence-electron chi connectivity index (χ0n) is 15.9. The highest BCUT2D eigenvalue weighted by Gasteiger charge is 2.20. The molecule has 0 atom stereocenters. The largest absolute Gasteiger partial charge is 0.493 e. The predicted molar refractivity (Wildman–Crippen MR) is 105 cm³/mol. The molecule has 0 aliphatic heterocycles. The smallest absolute Gasteiger partial charge is 0.258 e. The van der Waals surface area contributed by atoms with Crippen LogP contribution in [0.4, 0.5) is 0 Å². The number of carbonyl (C=O) groups excluding carboxylic acids is 1. The van der Waals surface area contributed by atoms with Gasteiger partial charge in [0.2, 0.25) is 0 Å². The maximum atomic E-state index is 13.1. The Morgan fingerprint density at radius 2 is 1.63 bits per heavy atom. The number of hydrogen-bond acceptors (Lipinski definition) is 4. The highest BCUT2D eigenvalue weighted by atomic mass is 16.5. The molecular formula is C21H22N2O4. The summed E-state index contributed by atoms with van der Waals surface area (Å²) in [4.78, 5) is 27.3. The third kappa shape index (κ3) is 3.51. The van der Waals surface area contributed by atoms with Crippen LogP contribution in [0, 0.1) is 0 Å². The Kier molecular flexibility index (Phi) is 5.16. The van der Waals surface area contributed by atoms with Crippen molar-refractivity contribution in [1.29, 1.82) is 0 Å². The number of aromatic nitrogens is 1. The minimum absolute atomic E-state index is 0.174. The number of nitrogens with zero attached hydrogens (tertiary/aromatic N) is 2. The van der Waals surface area contributed by atoms with Gasteiger partial charge in [-0.2, -0.15) is 0 Å². The van der Waals surface area contributed by atoms with E-state index in [9.17, 15) is 9.59 Å². The molecule has 0 saturated heterocycles. The topological polar surface area (TPSA) is 60.8 Å². The van der Waals surface area contributed by atoms with Gasteiger partial charge < -0.3 is 18.9 Å². The maximum absolute atomic E-state index is 13.1. The van der Waals surface area contributed by atoms with Gasteiger partial charge in [0.05, 0.1) is 25.2 Å². The van der Waals surface area contributed by atoms with Gasteiger partial charge in [0, 0.05) is 32.2 Å². The molecule has 1 amide bonds. The number of fused-ring (bicyclic) bond motifs is 1. The van der Waals surface area contributed by atoms with Crippen LogP contribution in [-0.4, -0.2) is 36.6 Å². The first kappa shape index (κ1) is 18.5. The molecule has 0 N–H and O–H groups in total. The summed E-state index contributed by atoms with van der Waals surface area (Å²) in [5.74, 6) is 0.744. The number of benzene rings is 2. The highest BCUT2D eigenvalue weighted by Crippen LogP contribution is 2.32. The molecule has 6 nitrogen and oxygen atoms in total. The number of carbonyl (C=O) groups is 1. The zero-order valence-corrected chi connectivity index (χ0v) is 15.9. The number of rotatable bonds is 5. The van der Waals surface area contributed by atoms with E-state index >= 15 is 0 Å². The van der Waals surface area contributed by atoms with Crippen molar-refractivity contribution in [1.82, 2.24) is 9.47 Å². The highest BCUT2D eigenvalue weighted by molar-refractivity contribution is 6.07. The van der Waals surface area contributed by atoms with Crippen molar-refractivity contribution in [3.8, 4) is 11.5 Å². The number of hydrogen-bond donors (Lipinski definition) is 0. The number of amides is 1. The van der Waals surface area contributed by atoms with Crippen molar-refractivity contribution in [3.63, 3.8) is 0 Å². The van der Waals surface area contributed by atoms with Crippen LogP contribution in [0.1, 0.15) is 15.9 Å². The van der Waals surface area contributed by atoms with Gasteiger partial charge in [-0.15, -0.1) is 0 Å². The van der Waals surface area contributed by atoms with E-state index in [1.54, 1.807) is 37.3 Å². The second kappa shape index (κ2) is 7.53. The molecule has 0 unspecified atom stereocenters. The third-order valence-corrected chi connectivity index (χ3v) is 4.53. The molecule has 0 aliphatic rings. The van der Waals surface area contributed by atoms with Crippen molar-refractivity contribution in [2.45, 2.75) is 6.54 Å². The van der Waals surface area contributed by atoms with Crippen molar-refractivity contribution >= 4 is 16.7 Å². The van der Waals surface area contributed by atoms with Crippen LogP contribution < -0.4 is 15.0 Å². The van der Waals surface area contributed by atoms with Crippen LogP contribution in [0.3, 0.4) is 0 Å². The quantitative estimate of drug-likeness (QED) is 0.697. The van der Waals surface area contributed by atoms with Gasteiger partial charge in [0.1, 0.15) is 0 Å². The zero-order chi connectivity index (χ0) is 19.6. The van der Waals surface area contributed by atoms with Crippen LogP contribution in [0.2, 0.25) is 0 Å². The SMILES string of the molecule is COc1cc2c(C(=O)N(C)Cc3ccccc3)cn(C)c(=O)c2cc1OC. The van der Waals surface area contributed by atoms with Crippen molar-refractivity contribution < 1.29 is 14.3 Å². The average molecular weight is 366 g/mol. The van der Waals surface area contributed by atoms with Crippen molar-refractivity contribution in [3.05, 3.63) is 70.1 Å². The van der Waals surface area contributed by atoms with E-state index in [2.05, 4.69) is 0 Å². The van der Waals surface area contributed by atoms with Crippen LogP contribution in [0.15, 0.2) is 53.5 Å². The standard InChI is InChI=1S/C21H22N2O4/c1-22(12-14-8-6-5-7-9-14)21(25)17-13-23(2)20(24)16-11-19(27-4)18(26-3)10-15(16)17/h5-11,13H,12H2,1-4H3. The molecule has 0 fully saturated rings. The first-order valence-electron chi connectivity index (χ1n) is 8.51. The van der Waals surface area contributed by atoms with Gasteiger partial charge in [-0.3, -0.25) is 9.59 Å². The fraction of sp³-hybridized carbons (Fsp3) is 0.238. The Morgan fingerprint density at radius 1 is 1.04 bits per heavy atom. The van der Waals surface area contributed by atoms with Crippen LogP contribution in [0.25, 0.3) is 10.8 Å². The molecule has 140 valence electrons. The molecule has 0 spiro atoms. The fourth-order valence-electron chi connectivity index (χ4n) is 3.10. The maximum Gasteiger partial charge on any atom is 0.258 e. The number of ether oxygens (including phenoxy) is 2. The van der Waals surface area contributed by atoms with Gasteiger partial charge in [0.25, 0.3) is 11.5 Å². The van der Waals surface area contributed by atoms with Gasteiger partial charge in [-0.25, -0.2) is 0 Å². The first-order chi connectivity index (χ1) is 13.0. The number of pyridine rings is 1. The molecule has 0 aliphatic carbocycles.